The summed E-state index contributed by atoms with van der Waals surface area (Å²) in [5, 5.41) is 2.70. The van der Waals surface area contributed by atoms with Crippen LogP contribution < -0.4 is 15.8 Å². The van der Waals surface area contributed by atoms with Crippen molar-refractivity contribution in [3.05, 3.63) is 24.3 Å². The second-order valence-corrected chi connectivity index (χ2v) is 5.39. The number of benzene rings is 1. The number of hydrogen-bond donors (Lipinski definition) is 2. The summed E-state index contributed by atoms with van der Waals surface area (Å²) in [7, 11) is -0.810. The van der Waals surface area contributed by atoms with E-state index in [1.54, 1.807) is 30.5 Å². The molecule has 5 nitrogen and oxygen atoms in total. The lowest BCUT2D eigenvalue weighted by atomic mass is 10.3. The maximum absolute atomic E-state index is 11.4. The first-order chi connectivity index (χ1) is 8.58. The van der Waals surface area contributed by atoms with Gasteiger partial charge in [0, 0.05) is 35.0 Å². The van der Waals surface area contributed by atoms with Crippen molar-refractivity contribution in [3.8, 4) is 5.75 Å². The van der Waals surface area contributed by atoms with Gasteiger partial charge >= 0.3 is 0 Å². The van der Waals surface area contributed by atoms with Crippen LogP contribution in [0.5, 0.6) is 5.75 Å². The Labute approximate surface area is 109 Å². The third-order valence-corrected chi connectivity index (χ3v) is 3.04. The number of carbonyl (C=O) groups excluding carboxylic acids is 1. The van der Waals surface area contributed by atoms with Crippen molar-refractivity contribution in [1.82, 2.24) is 5.32 Å². The molecule has 1 unspecified atom stereocenters. The highest BCUT2D eigenvalue weighted by Crippen LogP contribution is 2.12. The van der Waals surface area contributed by atoms with Crippen molar-refractivity contribution >= 4 is 22.4 Å². The third-order valence-electron chi connectivity index (χ3n) is 2.18. The maximum atomic E-state index is 11.4. The molecule has 3 N–H and O–H groups in total. The highest BCUT2D eigenvalue weighted by molar-refractivity contribution is 7.84. The molecule has 1 atom stereocenters. The molecule has 0 heterocycles. The zero-order valence-electron chi connectivity index (χ0n) is 10.3. The van der Waals surface area contributed by atoms with Crippen LogP contribution in [0.2, 0.25) is 0 Å². The molecule has 0 fully saturated rings. The van der Waals surface area contributed by atoms with Gasteiger partial charge in [0.25, 0.3) is 5.91 Å². The number of nitrogen functional groups attached to an aromatic ring is 1. The Morgan fingerprint density at radius 3 is 2.67 bits per heavy atom. The fourth-order valence-electron chi connectivity index (χ4n) is 1.27. The van der Waals surface area contributed by atoms with Crippen LogP contribution in [-0.2, 0) is 15.6 Å². The monoisotopic (exact) mass is 270 g/mol. The maximum Gasteiger partial charge on any atom is 0.257 e. The average Bonchev–Trinajstić information content (AvgIpc) is 2.34. The Bertz CT molecular complexity index is 406. The molecule has 100 valence electrons. The van der Waals surface area contributed by atoms with Crippen LogP contribution in [0.1, 0.15) is 6.42 Å². The zero-order chi connectivity index (χ0) is 13.4. The largest absolute Gasteiger partial charge is 0.484 e. The molecule has 0 aliphatic rings. The third kappa shape index (κ3) is 6.24. The molecule has 0 spiro atoms. The van der Waals surface area contributed by atoms with Gasteiger partial charge in [-0.15, -0.1) is 0 Å². The number of anilines is 1. The summed E-state index contributed by atoms with van der Waals surface area (Å²) in [5.41, 5.74) is 6.18. The number of nitrogens with one attached hydrogen (secondary N) is 1. The molecule has 0 aromatic heterocycles. The number of rotatable bonds is 7. The van der Waals surface area contributed by atoms with E-state index in [0.717, 1.165) is 0 Å². The molecule has 0 saturated heterocycles. The summed E-state index contributed by atoms with van der Waals surface area (Å²) >= 11 is 0. The summed E-state index contributed by atoms with van der Waals surface area (Å²) in [6.45, 7) is 0.489. The van der Waals surface area contributed by atoms with E-state index in [1.807, 2.05) is 0 Å². The molecule has 0 bridgehead atoms. The van der Waals surface area contributed by atoms with E-state index in [9.17, 15) is 9.00 Å². The van der Waals surface area contributed by atoms with E-state index in [4.69, 9.17) is 10.5 Å². The van der Waals surface area contributed by atoms with E-state index in [0.29, 0.717) is 30.2 Å². The van der Waals surface area contributed by atoms with Crippen LogP contribution in [0.25, 0.3) is 0 Å². The van der Waals surface area contributed by atoms with Gasteiger partial charge in [-0.1, -0.05) is 0 Å². The summed E-state index contributed by atoms with van der Waals surface area (Å²) in [6.07, 6.45) is 2.35. The molecule has 0 aliphatic heterocycles. The lowest BCUT2D eigenvalue weighted by molar-refractivity contribution is -0.123. The van der Waals surface area contributed by atoms with Crippen LogP contribution >= 0.6 is 0 Å². The van der Waals surface area contributed by atoms with Gasteiger partial charge in [0.1, 0.15) is 5.75 Å². The fourth-order valence-corrected chi connectivity index (χ4v) is 1.82. The molecule has 1 amide bonds. The Balaban J connectivity index is 2.17. The molecule has 6 heteroatoms. The molecule has 0 radical (unpaired) electrons. The van der Waals surface area contributed by atoms with Gasteiger partial charge < -0.3 is 15.8 Å². The van der Waals surface area contributed by atoms with E-state index >= 15 is 0 Å². The van der Waals surface area contributed by atoms with Crippen molar-refractivity contribution in [2.45, 2.75) is 6.42 Å². The van der Waals surface area contributed by atoms with Crippen LogP contribution in [-0.4, -0.2) is 35.3 Å². The minimum atomic E-state index is -0.810. The van der Waals surface area contributed by atoms with Crippen molar-refractivity contribution < 1.29 is 13.7 Å². The second kappa shape index (κ2) is 7.71. The predicted molar refractivity (Wildman–Crippen MR) is 72.9 cm³/mol. The van der Waals surface area contributed by atoms with Gasteiger partial charge in [0.05, 0.1) is 0 Å². The molecule has 0 aliphatic carbocycles. The molecular weight excluding hydrogens is 252 g/mol. The number of amides is 1. The Kier molecular flexibility index (Phi) is 6.21. The topological polar surface area (TPSA) is 81.4 Å². The number of ether oxygens (including phenoxy) is 1. The highest BCUT2D eigenvalue weighted by atomic mass is 32.2. The lowest BCUT2D eigenvalue weighted by Crippen LogP contribution is -2.30. The number of nitrogens with two attached hydrogens (primary N) is 1. The Morgan fingerprint density at radius 1 is 1.39 bits per heavy atom. The number of hydrogen-bond acceptors (Lipinski definition) is 4. The SMILES string of the molecule is CS(=O)CCCNC(=O)COc1ccc(N)cc1. The average molecular weight is 270 g/mol. The highest BCUT2D eigenvalue weighted by Gasteiger charge is 2.02. The summed E-state index contributed by atoms with van der Waals surface area (Å²) in [5.74, 6) is 1.02. The quantitative estimate of drug-likeness (QED) is 0.559. The Hall–Kier alpha value is -1.56. The summed E-state index contributed by atoms with van der Waals surface area (Å²) in [4.78, 5) is 11.4. The molecule has 1 rings (SSSR count). The van der Waals surface area contributed by atoms with Crippen LogP contribution in [0.3, 0.4) is 0 Å². The van der Waals surface area contributed by atoms with Crippen LogP contribution in [0.15, 0.2) is 24.3 Å². The van der Waals surface area contributed by atoms with Gasteiger partial charge in [-0.05, 0) is 30.7 Å². The second-order valence-electron chi connectivity index (χ2n) is 3.84. The molecule has 1 aromatic carbocycles. The summed E-state index contributed by atoms with van der Waals surface area (Å²) in [6, 6.07) is 6.85. The predicted octanol–water partition coefficient (Wildman–Crippen LogP) is 0.532. The molecule has 0 saturated carbocycles. The van der Waals surface area contributed by atoms with Crippen molar-refractivity contribution in [2.24, 2.45) is 0 Å². The molecular formula is C12H18N2O3S. The van der Waals surface area contributed by atoms with Crippen LogP contribution in [0.4, 0.5) is 5.69 Å². The van der Waals surface area contributed by atoms with Crippen molar-refractivity contribution in [1.29, 1.82) is 0 Å². The standard InChI is InChI=1S/C12H18N2O3S/c1-18(16)8-2-7-14-12(15)9-17-11-5-3-10(13)4-6-11/h3-6H,2,7-9,13H2,1H3,(H,14,15). The van der Waals surface area contributed by atoms with Crippen LogP contribution in [0, 0.1) is 0 Å². The first-order valence-corrected chi connectivity index (χ1v) is 7.35. The van der Waals surface area contributed by atoms with Gasteiger partial charge in [-0.3, -0.25) is 9.00 Å². The zero-order valence-corrected chi connectivity index (χ0v) is 11.2. The van der Waals surface area contributed by atoms with Crippen molar-refractivity contribution in [3.63, 3.8) is 0 Å². The van der Waals surface area contributed by atoms with E-state index in [-0.39, 0.29) is 12.5 Å². The summed E-state index contributed by atoms with van der Waals surface area (Å²) < 4.78 is 16.1. The molecule has 18 heavy (non-hydrogen) atoms. The first-order valence-electron chi connectivity index (χ1n) is 5.63. The fraction of sp³-hybridized carbons (Fsp3) is 0.417. The van der Waals surface area contributed by atoms with Gasteiger partial charge in [-0.2, -0.15) is 0 Å². The van der Waals surface area contributed by atoms with Gasteiger partial charge in [0.2, 0.25) is 0 Å². The number of carbonyl (C=O) groups is 1. The Morgan fingerprint density at radius 2 is 2.06 bits per heavy atom. The normalized spacial score (nSPS) is 11.8. The van der Waals surface area contributed by atoms with E-state index in [2.05, 4.69) is 5.32 Å². The van der Waals surface area contributed by atoms with E-state index < -0.39 is 10.8 Å². The smallest absolute Gasteiger partial charge is 0.257 e. The molecule has 1 aromatic rings. The first kappa shape index (κ1) is 14.5. The van der Waals surface area contributed by atoms with Gasteiger partial charge in [-0.25, -0.2) is 0 Å². The lowest BCUT2D eigenvalue weighted by Gasteiger charge is -2.07. The minimum absolute atomic E-state index is 0.0286. The van der Waals surface area contributed by atoms with E-state index in [1.165, 1.54) is 0 Å². The van der Waals surface area contributed by atoms with Crippen molar-refractivity contribution in [2.75, 3.05) is 30.9 Å². The minimum Gasteiger partial charge on any atom is -0.484 e. The van der Waals surface area contributed by atoms with Gasteiger partial charge in [0.15, 0.2) is 6.61 Å².